The van der Waals surface area contributed by atoms with Crippen molar-refractivity contribution in [2.75, 3.05) is 0 Å². The van der Waals surface area contributed by atoms with Crippen LogP contribution in [0.4, 0.5) is 0 Å². The molecule has 0 saturated heterocycles. The predicted octanol–water partition coefficient (Wildman–Crippen LogP) is 3.23. The number of hydrogen-bond acceptors (Lipinski definition) is 2. The van der Waals surface area contributed by atoms with Gasteiger partial charge >= 0.3 is 0 Å². The second kappa shape index (κ2) is 4.94. The van der Waals surface area contributed by atoms with E-state index in [-0.39, 0.29) is 6.10 Å². The minimum absolute atomic E-state index is 0.103. The molecule has 1 aliphatic rings. The summed E-state index contributed by atoms with van der Waals surface area (Å²) < 4.78 is 0. The molecule has 1 aliphatic carbocycles. The molecule has 1 nitrogen and oxygen atoms in total. The molecule has 1 N–H and O–H groups in total. The summed E-state index contributed by atoms with van der Waals surface area (Å²) in [6, 6.07) is 4.18. The Kier molecular flexibility index (Phi) is 3.60. The molecule has 2 heteroatoms. The van der Waals surface area contributed by atoms with Crippen LogP contribution in [0.3, 0.4) is 0 Å². The van der Waals surface area contributed by atoms with E-state index in [9.17, 15) is 5.11 Å². The van der Waals surface area contributed by atoms with Gasteiger partial charge in [0.15, 0.2) is 0 Å². The average molecular weight is 210 g/mol. The van der Waals surface area contributed by atoms with Crippen LogP contribution in [0.15, 0.2) is 17.5 Å². The molecular formula is C12H18OS. The molecule has 1 saturated carbocycles. The molecule has 14 heavy (non-hydrogen) atoms. The van der Waals surface area contributed by atoms with Crippen molar-refractivity contribution in [1.29, 1.82) is 0 Å². The molecule has 78 valence electrons. The normalized spacial score (nSPS) is 20.9. The molecule has 0 amide bonds. The van der Waals surface area contributed by atoms with Crippen molar-refractivity contribution in [3.8, 4) is 0 Å². The lowest BCUT2D eigenvalue weighted by atomic mass is 9.84. The summed E-state index contributed by atoms with van der Waals surface area (Å²) >= 11 is 1.76. The first-order chi connectivity index (χ1) is 6.86. The van der Waals surface area contributed by atoms with E-state index in [1.54, 1.807) is 11.3 Å². The summed E-state index contributed by atoms with van der Waals surface area (Å²) in [6.07, 6.45) is 7.20. The third kappa shape index (κ3) is 2.58. The second-order valence-electron chi connectivity index (χ2n) is 4.25. The monoisotopic (exact) mass is 210 g/mol. The first-order valence-electron chi connectivity index (χ1n) is 5.56. The minimum atomic E-state index is -0.103. The van der Waals surface area contributed by atoms with Crippen LogP contribution >= 0.6 is 11.3 Å². The maximum atomic E-state index is 10.1. The average Bonchev–Trinajstić information content (AvgIpc) is 2.72. The van der Waals surface area contributed by atoms with Crippen LogP contribution in [0.2, 0.25) is 0 Å². The van der Waals surface area contributed by atoms with E-state index in [0.29, 0.717) is 5.92 Å². The Bertz CT molecular complexity index is 249. The van der Waals surface area contributed by atoms with Gasteiger partial charge in [-0.3, -0.25) is 0 Å². The lowest BCUT2D eigenvalue weighted by Gasteiger charge is -2.26. The maximum absolute atomic E-state index is 10.1. The Hall–Kier alpha value is -0.340. The van der Waals surface area contributed by atoms with Crippen LogP contribution in [-0.4, -0.2) is 11.2 Å². The van der Waals surface area contributed by atoms with Crippen LogP contribution in [0.25, 0.3) is 0 Å². The van der Waals surface area contributed by atoms with E-state index in [4.69, 9.17) is 0 Å². The zero-order valence-electron chi connectivity index (χ0n) is 8.48. The van der Waals surface area contributed by atoms with Gasteiger partial charge in [-0.05, 0) is 30.2 Å². The first-order valence-corrected chi connectivity index (χ1v) is 6.44. The molecule has 0 aliphatic heterocycles. The highest BCUT2D eigenvalue weighted by Gasteiger charge is 2.21. The molecular weight excluding hydrogens is 192 g/mol. The van der Waals surface area contributed by atoms with Crippen molar-refractivity contribution in [2.24, 2.45) is 5.92 Å². The minimum Gasteiger partial charge on any atom is -0.392 e. The second-order valence-corrected chi connectivity index (χ2v) is 5.28. The molecule has 1 aromatic heterocycles. The van der Waals surface area contributed by atoms with Crippen LogP contribution < -0.4 is 0 Å². The molecule has 1 fully saturated rings. The highest BCUT2D eigenvalue weighted by molar-refractivity contribution is 7.09. The van der Waals surface area contributed by atoms with Crippen molar-refractivity contribution in [3.05, 3.63) is 22.4 Å². The molecule has 1 heterocycles. The van der Waals surface area contributed by atoms with Gasteiger partial charge in [0, 0.05) is 11.3 Å². The Morgan fingerprint density at radius 1 is 1.36 bits per heavy atom. The van der Waals surface area contributed by atoms with Gasteiger partial charge in [-0.2, -0.15) is 0 Å². The molecule has 0 aromatic carbocycles. The third-order valence-electron chi connectivity index (χ3n) is 3.18. The van der Waals surface area contributed by atoms with Crippen molar-refractivity contribution in [1.82, 2.24) is 0 Å². The number of hydrogen-bond donors (Lipinski definition) is 1. The Labute approximate surface area is 89.8 Å². The van der Waals surface area contributed by atoms with Crippen LogP contribution in [0.1, 0.15) is 37.0 Å². The Morgan fingerprint density at radius 3 is 2.79 bits per heavy atom. The van der Waals surface area contributed by atoms with Crippen molar-refractivity contribution in [3.63, 3.8) is 0 Å². The van der Waals surface area contributed by atoms with Gasteiger partial charge in [0.25, 0.3) is 0 Å². The van der Waals surface area contributed by atoms with E-state index in [1.165, 1.54) is 37.0 Å². The Balaban J connectivity index is 1.85. The van der Waals surface area contributed by atoms with E-state index in [1.807, 2.05) is 0 Å². The largest absolute Gasteiger partial charge is 0.392 e. The number of thiophene rings is 1. The maximum Gasteiger partial charge on any atom is 0.0616 e. The van der Waals surface area contributed by atoms with Crippen LogP contribution in [-0.2, 0) is 6.42 Å². The fourth-order valence-corrected chi connectivity index (χ4v) is 3.08. The summed E-state index contributed by atoms with van der Waals surface area (Å²) in [5.74, 6) is 0.561. The summed E-state index contributed by atoms with van der Waals surface area (Å²) in [6.45, 7) is 0. The molecule has 1 unspecified atom stereocenters. The molecule has 1 aromatic rings. The summed E-state index contributed by atoms with van der Waals surface area (Å²) in [4.78, 5) is 1.32. The number of aliphatic hydroxyl groups is 1. The van der Waals surface area contributed by atoms with Crippen LogP contribution in [0.5, 0.6) is 0 Å². The van der Waals surface area contributed by atoms with E-state index in [0.717, 1.165) is 6.42 Å². The van der Waals surface area contributed by atoms with Gasteiger partial charge in [-0.1, -0.05) is 25.3 Å². The van der Waals surface area contributed by atoms with Gasteiger partial charge in [0.2, 0.25) is 0 Å². The highest BCUT2D eigenvalue weighted by Crippen LogP contribution is 2.28. The Morgan fingerprint density at radius 2 is 2.14 bits per heavy atom. The predicted molar refractivity (Wildman–Crippen MR) is 60.6 cm³/mol. The van der Waals surface area contributed by atoms with Crippen molar-refractivity contribution >= 4 is 11.3 Å². The zero-order chi connectivity index (χ0) is 9.80. The quantitative estimate of drug-likeness (QED) is 0.812. The topological polar surface area (TPSA) is 20.2 Å². The smallest absolute Gasteiger partial charge is 0.0616 e. The summed E-state index contributed by atoms with van der Waals surface area (Å²) in [5.41, 5.74) is 0. The molecule has 2 rings (SSSR count). The lowest BCUT2D eigenvalue weighted by molar-refractivity contribution is 0.0858. The van der Waals surface area contributed by atoms with Crippen molar-refractivity contribution in [2.45, 2.75) is 44.6 Å². The number of rotatable bonds is 3. The number of aliphatic hydroxyl groups excluding tert-OH is 1. The SMILES string of the molecule is OC(Cc1cccs1)C1CCCCC1. The van der Waals surface area contributed by atoms with Crippen molar-refractivity contribution < 1.29 is 5.11 Å². The third-order valence-corrected chi connectivity index (χ3v) is 4.08. The molecule has 1 atom stereocenters. The standard InChI is InChI=1S/C12H18OS/c13-12(9-11-7-4-8-14-11)10-5-2-1-3-6-10/h4,7-8,10,12-13H,1-3,5-6,9H2. The van der Waals surface area contributed by atoms with Crippen LogP contribution in [0, 0.1) is 5.92 Å². The van der Waals surface area contributed by atoms with Gasteiger partial charge in [-0.25, -0.2) is 0 Å². The lowest BCUT2D eigenvalue weighted by Crippen LogP contribution is -2.24. The van der Waals surface area contributed by atoms with E-state index >= 15 is 0 Å². The molecule has 0 radical (unpaired) electrons. The van der Waals surface area contributed by atoms with E-state index in [2.05, 4.69) is 17.5 Å². The fraction of sp³-hybridized carbons (Fsp3) is 0.667. The van der Waals surface area contributed by atoms with Gasteiger partial charge in [0.05, 0.1) is 6.10 Å². The summed E-state index contributed by atoms with van der Waals surface area (Å²) in [7, 11) is 0. The molecule has 0 spiro atoms. The molecule has 0 bridgehead atoms. The first kappa shape index (κ1) is 10.2. The van der Waals surface area contributed by atoms with Gasteiger partial charge in [-0.15, -0.1) is 11.3 Å². The van der Waals surface area contributed by atoms with E-state index < -0.39 is 0 Å². The van der Waals surface area contributed by atoms with Gasteiger partial charge in [0.1, 0.15) is 0 Å². The fourth-order valence-electron chi connectivity index (χ4n) is 2.32. The highest BCUT2D eigenvalue weighted by atomic mass is 32.1. The van der Waals surface area contributed by atoms with Gasteiger partial charge < -0.3 is 5.11 Å². The summed E-state index contributed by atoms with van der Waals surface area (Å²) in [5, 5.41) is 12.1. The zero-order valence-corrected chi connectivity index (χ0v) is 9.30.